The van der Waals surface area contributed by atoms with E-state index in [4.69, 9.17) is 5.11 Å². The highest BCUT2D eigenvalue weighted by molar-refractivity contribution is 5.77. The summed E-state index contributed by atoms with van der Waals surface area (Å²) in [5.41, 5.74) is 1.05. The van der Waals surface area contributed by atoms with Crippen LogP contribution in [0.4, 0.5) is 0 Å². The first-order chi connectivity index (χ1) is 9.58. The van der Waals surface area contributed by atoms with E-state index in [2.05, 4.69) is 4.98 Å². The van der Waals surface area contributed by atoms with Gasteiger partial charge in [0.25, 0.3) is 0 Å². The second-order valence-corrected chi connectivity index (χ2v) is 5.36. The average molecular weight is 276 g/mol. The Balaban J connectivity index is 1.85. The topological polar surface area (TPSA) is 70.5 Å². The minimum Gasteiger partial charge on any atom is -0.481 e. The second-order valence-electron chi connectivity index (χ2n) is 5.36. The lowest BCUT2D eigenvalue weighted by atomic mass is 9.91. The van der Waals surface area contributed by atoms with Crippen LogP contribution in [0.15, 0.2) is 24.5 Å². The molecular weight excluding hydrogens is 256 g/mol. The third-order valence-electron chi connectivity index (χ3n) is 3.90. The van der Waals surface area contributed by atoms with Gasteiger partial charge in [0.15, 0.2) is 0 Å². The number of aryl methyl sites for hydroxylation is 1. The Morgan fingerprint density at radius 2 is 2.30 bits per heavy atom. The van der Waals surface area contributed by atoms with Crippen LogP contribution >= 0.6 is 0 Å². The van der Waals surface area contributed by atoms with Crippen LogP contribution in [-0.2, 0) is 16.0 Å². The summed E-state index contributed by atoms with van der Waals surface area (Å²) >= 11 is 0. The molecule has 0 radical (unpaired) electrons. The van der Waals surface area contributed by atoms with Crippen molar-refractivity contribution in [3.63, 3.8) is 0 Å². The molecule has 108 valence electrons. The number of piperidine rings is 1. The van der Waals surface area contributed by atoms with Gasteiger partial charge in [-0.2, -0.15) is 0 Å². The molecule has 2 unspecified atom stereocenters. The zero-order valence-electron chi connectivity index (χ0n) is 11.7. The van der Waals surface area contributed by atoms with Crippen LogP contribution in [-0.4, -0.2) is 39.5 Å². The van der Waals surface area contributed by atoms with Crippen LogP contribution in [0, 0.1) is 5.92 Å². The fourth-order valence-electron chi connectivity index (χ4n) is 2.71. The van der Waals surface area contributed by atoms with Gasteiger partial charge in [-0.1, -0.05) is 6.07 Å². The number of aromatic nitrogens is 1. The number of pyridine rings is 1. The SMILES string of the molecule is CC1CC(C(=O)O)CCN1C(=O)CCc1cccnc1. The van der Waals surface area contributed by atoms with Crippen molar-refractivity contribution in [2.45, 2.75) is 38.6 Å². The van der Waals surface area contributed by atoms with E-state index < -0.39 is 5.97 Å². The molecule has 0 aromatic carbocycles. The Bertz CT molecular complexity index is 475. The standard InChI is InChI=1S/C15H20N2O3/c1-11-9-13(15(19)20)6-8-17(11)14(18)5-4-12-3-2-7-16-10-12/h2-3,7,10-11,13H,4-6,8-9H2,1H3,(H,19,20). The summed E-state index contributed by atoms with van der Waals surface area (Å²) in [5, 5.41) is 9.02. The molecule has 20 heavy (non-hydrogen) atoms. The van der Waals surface area contributed by atoms with Crippen molar-refractivity contribution in [1.29, 1.82) is 0 Å². The van der Waals surface area contributed by atoms with Gasteiger partial charge in [-0.05, 0) is 37.8 Å². The van der Waals surface area contributed by atoms with Gasteiger partial charge >= 0.3 is 5.97 Å². The van der Waals surface area contributed by atoms with Gasteiger partial charge in [0.1, 0.15) is 0 Å². The van der Waals surface area contributed by atoms with Gasteiger partial charge in [0, 0.05) is 31.4 Å². The Morgan fingerprint density at radius 1 is 1.50 bits per heavy atom. The number of amides is 1. The van der Waals surface area contributed by atoms with Gasteiger partial charge in [-0.25, -0.2) is 0 Å². The normalized spacial score (nSPS) is 22.6. The molecule has 2 atom stereocenters. The summed E-state index contributed by atoms with van der Waals surface area (Å²) in [6, 6.07) is 3.83. The number of carboxylic acids is 1. The molecule has 1 aliphatic rings. The number of hydrogen-bond donors (Lipinski definition) is 1. The van der Waals surface area contributed by atoms with E-state index in [9.17, 15) is 9.59 Å². The summed E-state index contributed by atoms with van der Waals surface area (Å²) in [6.07, 6.45) is 5.72. The van der Waals surface area contributed by atoms with Crippen LogP contribution in [0.25, 0.3) is 0 Å². The molecule has 1 fully saturated rings. The maximum Gasteiger partial charge on any atom is 0.306 e. The second kappa shape index (κ2) is 6.50. The molecule has 1 aromatic rings. The molecule has 5 heteroatoms. The van der Waals surface area contributed by atoms with Crippen molar-refractivity contribution in [2.24, 2.45) is 5.92 Å². The lowest BCUT2D eigenvalue weighted by Crippen LogP contribution is -2.46. The minimum atomic E-state index is -0.751. The summed E-state index contributed by atoms with van der Waals surface area (Å²) in [5.74, 6) is -0.961. The number of carboxylic acid groups (broad SMARTS) is 1. The minimum absolute atomic E-state index is 0.00579. The molecular formula is C15H20N2O3. The van der Waals surface area contributed by atoms with Crippen molar-refractivity contribution < 1.29 is 14.7 Å². The summed E-state index contributed by atoms with van der Waals surface area (Å²) in [4.78, 5) is 29.0. The third kappa shape index (κ3) is 3.56. The predicted molar refractivity (Wildman–Crippen MR) is 74.1 cm³/mol. The van der Waals surface area contributed by atoms with Crippen LogP contribution < -0.4 is 0 Å². The highest BCUT2D eigenvalue weighted by Crippen LogP contribution is 2.23. The van der Waals surface area contributed by atoms with Crippen LogP contribution in [0.5, 0.6) is 0 Å². The first-order valence-corrected chi connectivity index (χ1v) is 6.99. The molecule has 1 amide bonds. The maximum absolute atomic E-state index is 12.2. The van der Waals surface area contributed by atoms with Crippen molar-refractivity contribution >= 4 is 11.9 Å². The van der Waals surface area contributed by atoms with Gasteiger partial charge in [0.2, 0.25) is 5.91 Å². The van der Waals surface area contributed by atoms with Crippen LogP contribution in [0.3, 0.4) is 0 Å². The zero-order valence-corrected chi connectivity index (χ0v) is 11.7. The first-order valence-electron chi connectivity index (χ1n) is 6.99. The van der Waals surface area contributed by atoms with Crippen molar-refractivity contribution in [1.82, 2.24) is 9.88 Å². The lowest BCUT2D eigenvalue weighted by molar-refractivity contribution is -0.147. The zero-order chi connectivity index (χ0) is 14.5. The van der Waals surface area contributed by atoms with Gasteiger partial charge in [-0.15, -0.1) is 0 Å². The van der Waals surface area contributed by atoms with E-state index in [-0.39, 0.29) is 17.9 Å². The molecule has 1 saturated heterocycles. The Labute approximate surface area is 118 Å². The highest BCUT2D eigenvalue weighted by atomic mass is 16.4. The molecule has 2 heterocycles. The molecule has 2 rings (SSSR count). The monoisotopic (exact) mass is 276 g/mol. The van der Waals surface area contributed by atoms with Crippen LogP contribution in [0.1, 0.15) is 31.7 Å². The molecule has 0 saturated carbocycles. The molecule has 0 bridgehead atoms. The summed E-state index contributed by atoms with van der Waals surface area (Å²) in [6.45, 7) is 2.47. The quantitative estimate of drug-likeness (QED) is 0.909. The van der Waals surface area contributed by atoms with E-state index in [1.807, 2.05) is 24.0 Å². The Hall–Kier alpha value is -1.91. The van der Waals surface area contributed by atoms with E-state index in [1.54, 1.807) is 12.4 Å². The average Bonchev–Trinajstić information content (AvgIpc) is 2.45. The van der Waals surface area contributed by atoms with Crippen molar-refractivity contribution in [2.75, 3.05) is 6.54 Å². The summed E-state index contributed by atoms with van der Waals surface area (Å²) < 4.78 is 0. The number of nitrogens with zero attached hydrogens (tertiary/aromatic N) is 2. The van der Waals surface area contributed by atoms with Gasteiger partial charge < -0.3 is 10.0 Å². The van der Waals surface area contributed by atoms with E-state index in [0.29, 0.717) is 32.2 Å². The lowest BCUT2D eigenvalue weighted by Gasteiger charge is -2.36. The van der Waals surface area contributed by atoms with Crippen molar-refractivity contribution in [3.05, 3.63) is 30.1 Å². The Morgan fingerprint density at radius 3 is 2.90 bits per heavy atom. The fraction of sp³-hybridized carbons (Fsp3) is 0.533. The predicted octanol–water partition coefficient (Wildman–Crippen LogP) is 1.73. The van der Waals surface area contributed by atoms with Crippen molar-refractivity contribution in [3.8, 4) is 0 Å². The molecule has 1 aromatic heterocycles. The number of aliphatic carboxylic acids is 1. The first kappa shape index (κ1) is 14.5. The molecule has 1 aliphatic heterocycles. The number of hydrogen-bond acceptors (Lipinski definition) is 3. The molecule has 1 N–H and O–H groups in total. The molecule has 0 aliphatic carbocycles. The smallest absolute Gasteiger partial charge is 0.306 e. The maximum atomic E-state index is 12.2. The Kier molecular flexibility index (Phi) is 4.71. The molecule has 5 nitrogen and oxygen atoms in total. The van der Waals surface area contributed by atoms with E-state index in [0.717, 1.165) is 5.56 Å². The highest BCUT2D eigenvalue weighted by Gasteiger charge is 2.31. The molecule has 0 spiro atoms. The van der Waals surface area contributed by atoms with Crippen LogP contribution in [0.2, 0.25) is 0 Å². The fourth-order valence-corrected chi connectivity index (χ4v) is 2.71. The largest absolute Gasteiger partial charge is 0.481 e. The number of likely N-dealkylation sites (tertiary alicyclic amines) is 1. The summed E-state index contributed by atoms with van der Waals surface area (Å²) in [7, 11) is 0. The van der Waals surface area contributed by atoms with E-state index in [1.165, 1.54) is 0 Å². The van der Waals surface area contributed by atoms with Gasteiger partial charge in [-0.3, -0.25) is 14.6 Å². The van der Waals surface area contributed by atoms with E-state index >= 15 is 0 Å². The number of rotatable bonds is 4. The number of carbonyl (C=O) groups excluding carboxylic acids is 1. The number of carbonyl (C=O) groups is 2. The van der Waals surface area contributed by atoms with Gasteiger partial charge in [0.05, 0.1) is 5.92 Å². The third-order valence-corrected chi connectivity index (χ3v) is 3.90.